The van der Waals surface area contributed by atoms with Crippen LogP contribution in [0.25, 0.3) is 5.69 Å². The molecule has 2 N–H and O–H groups in total. The van der Waals surface area contributed by atoms with Crippen molar-refractivity contribution in [3.63, 3.8) is 0 Å². The van der Waals surface area contributed by atoms with Crippen molar-refractivity contribution in [3.8, 4) is 5.69 Å². The van der Waals surface area contributed by atoms with Gasteiger partial charge in [0.2, 0.25) is 0 Å². The number of rotatable bonds is 4. The number of benzene rings is 1. The van der Waals surface area contributed by atoms with Gasteiger partial charge in [-0.3, -0.25) is 9.67 Å². The topological polar surface area (TPSA) is 47.3 Å². The number of nitrogens with zero attached hydrogens (tertiary/aromatic N) is 2. The number of aromatic amines is 1. The van der Waals surface area contributed by atoms with E-state index in [0.29, 0.717) is 4.77 Å². The van der Waals surface area contributed by atoms with Crippen LogP contribution in [-0.2, 0) is 11.2 Å². The van der Waals surface area contributed by atoms with Crippen LogP contribution in [0.4, 0.5) is 4.39 Å². The van der Waals surface area contributed by atoms with E-state index in [1.54, 1.807) is 12.1 Å². The summed E-state index contributed by atoms with van der Waals surface area (Å²) in [5.74, 6) is 0.624. The lowest BCUT2D eigenvalue weighted by Crippen LogP contribution is -3.14. The molecule has 0 amide bonds. The van der Waals surface area contributed by atoms with Crippen molar-refractivity contribution in [1.82, 2.24) is 14.8 Å². The summed E-state index contributed by atoms with van der Waals surface area (Å²) < 4.78 is 20.8. The third kappa shape index (κ3) is 3.37. The number of hydrogen-bond acceptors (Lipinski definition) is 3. The quantitative estimate of drug-likeness (QED) is 0.810. The number of quaternary nitrogens is 1. The van der Waals surface area contributed by atoms with E-state index in [1.807, 2.05) is 4.57 Å². The van der Waals surface area contributed by atoms with E-state index in [4.69, 9.17) is 17.0 Å². The van der Waals surface area contributed by atoms with Gasteiger partial charge in [0.1, 0.15) is 24.7 Å². The van der Waals surface area contributed by atoms with Crippen LogP contribution in [0.15, 0.2) is 24.3 Å². The maximum Gasteiger partial charge on any atom is 0.199 e. The molecule has 0 atom stereocenters. The van der Waals surface area contributed by atoms with Gasteiger partial charge in [-0.15, -0.1) is 0 Å². The minimum absolute atomic E-state index is 0.256. The van der Waals surface area contributed by atoms with Crippen molar-refractivity contribution in [3.05, 3.63) is 40.7 Å². The molecular weight excluding hydrogens is 291 g/mol. The van der Waals surface area contributed by atoms with Gasteiger partial charge in [0.05, 0.1) is 26.2 Å². The number of H-pyrrole nitrogens is 1. The normalized spacial score (nSPS) is 16.2. The molecule has 0 spiro atoms. The van der Waals surface area contributed by atoms with Crippen molar-refractivity contribution in [2.75, 3.05) is 32.8 Å². The second kappa shape index (κ2) is 6.46. The van der Waals surface area contributed by atoms with E-state index in [0.717, 1.165) is 50.8 Å². The van der Waals surface area contributed by atoms with Crippen molar-refractivity contribution < 1.29 is 14.0 Å². The summed E-state index contributed by atoms with van der Waals surface area (Å²) >= 11 is 5.28. The smallest absolute Gasteiger partial charge is 0.199 e. The van der Waals surface area contributed by atoms with Crippen molar-refractivity contribution in [1.29, 1.82) is 0 Å². The lowest BCUT2D eigenvalue weighted by atomic mass is 10.3. The minimum atomic E-state index is -0.256. The summed E-state index contributed by atoms with van der Waals surface area (Å²) in [5.41, 5.74) is 0.835. The highest BCUT2D eigenvalue weighted by molar-refractivity contribution is 7.71. The molecule has 1 aromatic heterocycles. The number of ether oxygens (including phenoxy) is 1. The molecule has 112 valence electrons. The molecule has 1 aromatic carbocycles. The lowest BCUT2D eigenvalue weighted by molar-refractivity contribution is -0.907. The van der Waals surface area contributed by atoms with Gasteiger partial charge >= 0.3 is 0 Å². The average molecular weight is 309 g/mol. The zero-order valence-corrected chi connectivity index (χ0v) is 12.5. The van der Waals surface area contributed by atoms with E-state index < -0.39 is 0 Å². The largest absolute Gasteiger partial charge is 0.370 e. The summed E-state index contributed by atoms with van der Waals surface area (Å²) in [7, 11) is 0. The first-order valence-corrected chi connectivity index (χ1v) is 7.48. The number of morpholine rings is 1. The monoisotopic (exact) mass is 309 g/mol. The third-order valence-electron chi connectivity index (χ3n) is 3.73. The van der Waals surface area contributed by atoms with Crippen molar-refractivity contribution in [2.24, 2.45) is 0 Å². The standard InChI is InChI=1S/C14H17FN4OS/c15-11-1-3-12(4-2-11)19-13(16-17-14(19)21)5-6-18-7-9-20-10-8-18/h1-4H,5-10H2,(H,17,21)/p+1. The molecule has 1 fully saturated rings. The molecule has 0 radical (unpaired) electrons. The second-order valence-corrected chi connectivity index (χ2v) is 5.51. The minimum Gasteiger partial charge on any atom is -0.370 e. The molecule has 0 saturated carbocycles. The Morgan fingerprint density at radius 1 is 1.29 bits per heavy atom. The van der Waals surface area contributed by atoms with E-state index in [9.17, 15) is 4.39 Å². The Kier molecular flexibility index (Phi) is 4.42. The van der Waals surface area contributed by atoms with Gasteiger partial charge in [-0.1, -0.05) is 0 Å². The molecule has 0 aliphatic carbocycles. The third-order valence-corrected chi connectivity index (χ3v) is 4.00. The fourth-order valence-electron chi connectivity index (χ4n) is 2.55. The Hall–Kier alpha value is -1.57. The molecule has 0 bridgehead atoms. The van der Waals surface area contributed by atoms with Crippen LogP contribution in [0.5, 0.6) is 0 Å². The van der Waals surface area contributed by atoms with Crippen molar-refractivity contribution in [2.45, 2.75) is 6.42 Å². The van der Waals surface area contributed by atoms with Gasteiger partial charge in [0, 0.05) is 5.69 Å². The summed E-state index contributed by atoms with van der Waals surface area (Å²) in [6.45, 7) is 4.69. The predicted octanol–water partition coefficient (Wildman–Crippen LogP) is 0.527. The van der Waals surface area contributed by atoms with Gasteiger partial charge < -0.3 is 9.64 Å². The van der Waals surface area contributed by atoms with Crippen molar-refractivity contribution >= 4 is 12.2 Å². The number of nitrogens with one attached hydrogen (secondary N) is 2. The molecule has 2 heterocycles. The highest BCUT2D eigenvalue weighted by Gasteiger charge is 2.16. The first-order chi connectivity index (χ1) is 10.2. The van der Waals surface area contributed by atoms with E-state index in [2.05, 4.69) is 10.2 Å². The summed E-state index contributed by atoms with van der Waals surface area (Å²) in [5, 5.41) is 7.13. The van der Waals surface area contributed by atoms with Gasteiger partial charge in [-0.2, -0.15) is 5.10 Å². The fraction of sp³-hybridized carbons (Fsp3) is 0.429. The summed E-state index contributed by atoms with van der Waals surface area (Å²) in [6, 6.07) is 6.29. The Morgan fingerprint density at radius 3 is 2.71 bits per heavy atom. The van der Waals surface area contributed by atoms with Crippen LogP contribution in [0.1, 0.15) is 5.82 Å². The molecule has 21 heavy (non-hydrogen) atoms. The summed E-state index contributed by atoms with van der Waals surface area (Å²) in [6.07, 6.45) is 0.819. The van der Waals surface area contributed by atoms with Gasteiger partial charge in [0.15, 0.2) is 4.77 Å². The number of aromatic nitrogens is 3. The second-order valence-electron chi connectivity index (χ2n) is 5.12. The molecule has 1 aliphatic heterocycles. The van der Waals surface area contributed by atoms with E-state index >= 15 is 0 Å². The summed E-state index contributed by atoms with van der Waals surface area (Å²) in [4.78, 5) is 1.51. The fourth-order valence-corrected chi connectivity index (χ4v) is 2.81. The maximum atomic E-state index is 13.0. The lowest BCUT2D eigenvalue weighted by Gasteiger charge is -2.23. The number of halogens is 1. The van der Waals surface area contributed by atoms with Gasteiger partial charge in [-0.05, 0) is 36.5 Å². The first-order valence-electron chi connectivity index (χ1n) is 7.07. The Balaban J connectivity index is 1.77. The van der Waals surface area contributed by atoms with Crippen LogP contribution in [0.3, 0.4) is 0 Å². The predicted molar refractivity (Wildman–Crippen MR) is 78.8 cm³/mol. The van der Waals surface area contributed by atoms with Crippen LogP contribution < -0.4 is 4.90 Å². The highest BCUT2D eigenvalue weighted by Crippen LogP contribution is 2.12. The van der Waals surface area contributed by atoms with Crippen LogP contribution >= 0.6 is 12.2 Å². The molecular formula is C14H18FN4OS+. The molecule has 5 nitrogen and oxygen atoms in total. The molecule has 1 aliphatic rings. The van der Waals surface area contributed by atoms with Crippen LogP contribution in [-0.4, -0.2) is 47.6 Å². The molecule has 7 heteroatoms. The SMILES string of the molecule is Fc1ccc(-n2c(CC[NH+]3CCOCC3)n[nH]c2=S)cc1. The molecule has 0 unspecified atom stereocenters. The van der Waals surface area contributed by atoms with Gasteiger partial charge in [0.25, 0.3) is 0 Å². The van der Waals surface area contributed by atoms with Gasteiger partial charge in [-0.25, -0.2) is 4.39 Å². The molecule has 1 saturated heterocycles. The first kappa shape index (κ1) is 14.4. The average Bonchev–Trinajstić information content (AvgIpc) is 2.88. The van der Waals surface area contributed by atoms with Crippen LogP contribution in [0.2, 0.25) is 0 Å². The van der Waals surface area contributed by atoms with Crippen LogP contribution in [0, 0.1) is 10.6 Å². The Labute approximate surface area is 127 Å². The molecule has 2 aromatic rings. The highest BCUT2D eigenvalue weighted by atomic mass is 32.1. The van der Waals surface area contributed by atoms with E-state index in [-0.39, 0.29) is 5.82 Å². The number of hydrogen-bond donors (Lipinski definition) is 2. The Bertz CT molecular complexity index is 646. The zero-order valence-electron chi connectivity index (χ0n) is 11.6. The molecule has 3 rings (SSSR count). The Morgan fingerprint density at radius 2 is 2.00 bits per heavy atom. The zero-order chi connectivity index (χ0) is 14.7. The van der Waals surface area contributed by atoms with E-state index in [1.165, 1.54) is 17.0 Å². The maximum absolute atomic E-state index is 13.0.